The summed E-state index contributed by atoms with van der Waals surface area (Å²) < 4.78 is 22.0. The van der Waals surface area contributed by atoms with Gasteiger partial charge in [0.1, 0.15) is 17.4 Å². The van der Waals surface area contributed by atoms with E-state index in [1.54, 1.807) is 19.4 Å². The molecule has 0 amide bonds. The number of nitrogens with one attached hydrogen (secondary N) is 1. The summed E-state index contributed by atoms with van der Waals surface area (Å²) >= 11 is 0. The van der Waals surface area contributed by atoms with Crippen LogP contribution in [0.2, 0.25) is 0 Å². The van der Waals surface area contributed by atoms with E-state index < -0.39 is 0 Å². The van der Waals surface area contributed by atoms with E-state index in [-0.39, 0.29) is 5.82 Å². The average Bonchev–Trinajstić information content (AvgIpc) is 3.31. The van der Waals surface area contributed by atoms with Crippen LogP contribution >= 0.6 is 0 Å². The summed E-state index contributed by atoms with van der Waals surface area (Å²) in [4.78, 5) is 7.66. The Kier molecular flexibility index (Phi) is 4.28. The highest BCUT2D eigenvalue weighted by Gasteiger charge is 2.14. The van der Waals surface area contributed by atoms with Gasteiger partial charge in [0.15, 0.2) is 0 Å². The normalized spacial score (nSPS) is 11.0. The van der Waals surface area contributed by atoms with E-state index in [9.17, 15) is 4.39 Å². The number of aromatic amines is 1. The number of aryl methyl sites for hydroxylation is 2. The molecule has 0 fully saturated rings. The summed E-state index contributed by atoms with van der Waals surface area (Å²) in [6.45, 7) is 3.97. The van der Waals surface area contributed by atoms with Crippen LogP contribution in [0.5, 0.6) is 5.75 Å². The van der Waals surface area contributed by atoms with Crippen LogP contribution in [0, 0.1) is 19.7 Å². The van der Waals surface area contributed by atoms with Crippen molar-refractivity contribution >= 4 is 0 Å². The zero-order valence-corrected chi connectivity index (χ0v) is 15.5. The first-order chi connectivity index (χ1) is 13.1. The van der Waals surface area contributed by atoms with Gasteiger partial charge in [0, 0.05) is 34.9 Å². The molecule has 0 spiro atoms. The second-order valence-electron chi connectivity index (χ2n) is 6.52. The van der Waals surface area contributed by atoms with E-state index in [1.165, 1.54) is 6.07 Å². The second kappa shape index (κ2) is 6.76. The lowest BCUT2D eigenvalue weighted by Gasteiger charge is -2.12. The van der Waals surface area contributed by atoms with E-state index in [2.05, 4.69) is 9.97 Å². The Bertz CT molecular complexity index is 1110. The van der Waals surface area contributed by atoms with Gasteiger partial charge in [-0.2, -0.15) is 0 Å². The Morgan fingerprint density at radius 3 is 2.56 bits per heavy atom. The van der Waals surface area contributed by atoms with Gasteiger partial charge in [0.2, 0.25) is 0 Å². The van der Waals surface area contributed by atoms with Crippen molar-refractivity contribution < 1.29 is 9.13 Å². The molecule has 0 saturated heterocycles. The molecule has 0 radical (unpaired) electrons. The van der Waals surface area contributed by atoms with Gasteiger partial charge in [-0.3, -0.25) is 4.57 Å². The number of imidazole rings is 1. The quantitative estimate of drug-likeness (QED) is 0.536. The van der Waals surface area contributed by atoms with Crippen molar-refractivity contribution in [3.8, 4) is 34.1 Å². The van der Waals surface area contributed by atoms with Crippen LogP contribution in [0.1, 0.15) is 11.3 Å². The number of aromatic nitrogens is 3. The molecule has 0 aliphatic rings. The van der Waals surface area contributed by atoms with Crippen molar-refractivity contribution in [1.82, 2.24) is 14.5 Å². The standard InChI is InChI=1S/C22H20FN3O/c1-14-4-7-17(27-3)13-19(14)22-24-10-11-26(22)16-6-8-18(20(23)12-16)21-9-5-15(2)25-21/h4-13,25H,1-3H3. The van der Waals surface area contributed by atoms with E-state index in [0.717, 1.165) is 34.1 Å². The number of methoxy groups -OCH3 is 1. The third-order valence-electron chi connectivity index (χ3n) is 4.68. The fraction of sp³-hybridized carbons (Fsp3) is 0.136. The van der Waals surface area contributed by atoms with Crippen molar-refractivity contribution in [3.63, 3.8) is 0 Å². The fourth-order valence-electron chi connectivity index (χ4n) is 3.21. The molecule has 0 unspecified atom stereocenters. The van der Waals surface area contributed by atoms with E-state index in [0.29, 0.717) is 11.3 Å². The first-order valence-corrected chi connectivity index (χ1v) is 8.71. The summed E-state index contributed by atoms with van der Waals surface area (Å²) in [5.74, 6) is 1.22. The molecule has 0 saturated carbocycles. The lowest BCUT2D eigenvalue weighted by Crippen LogP contribution is -1.99. The maximum absolute atomic E-state index is 14.8. The molecular formula is C22H20FN3O. The van der Waals surface area contributed by atoms with Crippen LogP contribution in [0.4, 0.5) is 4.39 Å². The molecule has 2 aromatic carbocycles. The lowest BCUT2D eigenvalue weighted by atomic mass is 10.1. The van der Waals surface area contributed by atoms with Crippen LogP contribution in [0.3, 0.4) is 0 Å². The highest BCUT2D eigenvalue weighted by atomic mass is 19.1. The zero-order valence-electron chi connectivity index (χ0n) is 15.5. The predicted octanol–water partition coefficient (Wildman–Crippen LogP) is 5.30. The number of H-pyrrole nitrogens is 1. The van der Waals surface area contributed by atoms with Gasteiger partial charge in [-0.05, 0) is 61.9 Å². The van der Waals surface area contributed by atoms with Crippen molar-refractivity contribution in [2.75, 3.05) is 7.11 Å². The van der Waals surface area contributed by atoms with Gasteiger partial charge < -0.3 is 9.72 Å². The zero-order chi connectivity index (χ0) is 19.0. The van der Waals surface area contributed by atoms with Crippen LogP contribution in [-0.4, -0.2) is 21.6 Å². The Labute approximate surface area is 157 Å². The second-order valence-corrected chi connectivity index (χ2v) is 6.52. The fourth-order valence-corrected chi connectivity index (χ4v) is 3.21. The minimum atomic E-state index is -0.281. The minimum Gasteiger partial charge on any atom is -0.497 e. The van der Waals surface area contributed by atoms with Crippen LogP contribution < -0.4 is 4.74 Å². The van der Waals surface area contributed by atoms with Crippen LogP contribution in [-0.2, 0) is 0 Å². The van der Waals surface area contributed by atoms with Crippen molar-refractivity contribution in [2.24, 2.45) is 0 Å². The molecule has 0 bridgehead atoms. The first-order valence-electron chi connectivity index (χ1n) is 8.71. The number of hydrogen-bond donors (Lipinski definition) is 1. The Balaban J connectivity index is 1.78. The molecule has 4 nitrogen and oxygen atoms in total. The summed E-state index contributed by atoms with van der Waals surface area (Å²) in [5, 5.41) is 0. The maximum atomic E-state index is 14.8. The summed E-state index contributed by atoms with van der Waals surface area (Å²) in [6.07, 6.45) is 3.55. The minimum absolute atomic E-state index is 0.281. The van der Waals surface area contributed by atoms with Crippen LogP contribution in [0.25, 0.3) is 28.3 Å². The molecule has 4 rings (SSSR count). The summed E-state index contributed by atoms with van der Waals surface area (Å²) in [6, 6.07) is 14.9. The van der Waals surface area contributed by atoms with Gasteiger partial charge >= 0.3 is 0 Å². The summed E-state index contributed by atoms with van der Waals surface area (Å²) in [7, 11) is 1.64. The molecule has 0 aliphatic carbocycles. The highest BCUT2D eigenvalue weighted by molar-refractivity contribution is 5.67. The van der Waals surface area contributed by atoms with Crippen molar-refractivity contribution in [2.45, 2.75) is 13.8 Å². The van der Waals surface area contributed by atoms with Gasteiger partial charge in [-0.1, -0.05) is 6.07 Å². The molecule has 1 N–H and O–H groups in total. The SMILES string of the molecule is COc1ccc(C)c(-c2nccn2-c2ccc(-c3ccc(C)[nH]3)c(F)c2)c1. The van der Waals surface area contributed by atoms with Gasteiger partial charge in [-0.25, -0.2) is 9.37 Å². The number of hydrogen-bond acceptors (Lipinski definition) is 2. The molecule has 0 atom stereocenters. The number of ether oxygens (including phenoxy) is 1. The maximum Gasteiger partial charge on any atom is 0.144 e. The average molecular weight is 361 g/mol. The predicted molar refractivity (Wildman–Crippen MR) is 105 cm³/mol. The molecule has 136 valence electrons. The van der Waals surface area contributed by atoms with Crippen molar-refractivity contribution in [1.29, 1.82) is 0 Å². The van der Waals surface area contributed by atoms with Gasteiger partial charge in [-0.15, -0.1) is 0 Å². The van der Waals surface area contributed by atoms with Gasteiger partial charge in [0.05, 0.1) is 12.8 Å². The van der Waals surface area contributed by atoms with Crippen molar-refractivity contribution in [3.05, 3.63) is 78.0 Å². The van der Waals surface area contributed by atoms with E-state index >= 15 is 0 Å². The monoisotopic (exact) mass is 361 g/mol. The Hall–Kier alpha value is -3.34. The molecular weight excluding hydrogens is 341 g/mol. The number of benzene rings is 2. The van der Waals surface area contributed by atoms with Crippen LogP contribution in [0.15, 0.2) is 60.9 Å². The first kappa shape index (κ1) is 17.1. The molecule has 2 aromatic heterocycles. The molecule has 2 heterocycles. The molecule has 27 heavy (non-hydrogen) atoms. The highest BCUT2D eigenvalue weighted by Crippen LogP contribution is 2.30. The summed E-state index contributed by atoms with van der Waals surface area (Å²) in [5.41, 5.74) is 5.05. The lowest BCUT2D eigenvalue weighted by molar-refractivity contribution is 0.415. The Morgan fingerprint density at radius 1 is 1.00 bits per heavy atom. The van der Waals surface area contributed by atoms with E-state index in [4.69, 9.17) is 4.74 Å². The topological polar surface area (TPSA) is 42.8 Å². The molecule has 5 heteroatoms. The number of rotatable bonds is 4. The molecule has 4 aromatic rings. The third kappa shape index (κ3) is 3.12. The number of nitrogens with zero attached hydrogens (tertiary/aromatic N) is 2. The van der Waals surface area contributed by atoms with Gasteiger partial charge in [0.25, 0.3) is 0 Å². The third-order valence-corrected chi connectivity index (χ3v) is 4.68. The smallest absolute Gasteiger partial charge is 0.144 e. The largest absolute Gasteiger partial charge is 0.497 e. The number of halogens is 1. The van der Waals surface area contributed by atoms with E-state index in [1.807, 2.05) is 61.0 Å². The Morgan fingerprint density at radius 2 is 1.85 bits per heavy atom. The molecule has 0 aliphatic heterocycles.